The van der Waals surface area contributed by atoms with Gasteiger partial charge in [0.15, 0.2) is 6.61 Å². The van der Waals surface area contributed by atoms with E-state index in [1.807, 2.05) is 0 Å². The Morgan fingerprint density at radius 2 is 1.68 bits per heavy atom. The standard InChI is InChI=1S/C15H13F4NO2/c1-21-9-3-5-13(16)12(6-9)11-4-2-10(7-14(11)20)22-8-15(17,18)19/h2-7H,8,20H2,1H3. The Bertz CT molecular complexity index is 671. The third-order valence-corrected chi connectivity index (χ3v) is 2.89. The molecule has 0 radical (unpaired) electrons. The molecule has 118 valence electrons. The molecule has 0 spiro atoms. The van der Waals surface area contributed by atoms with Crippen molar-refractivity contribution in [2.75, 3.05) is 19.5 Å². The fourth-order valence-corrected chi connectivity index (χ4v) is 1.88. The van der Waals surface area contributed by atoms with Crippen molar-refractivity contribution in [3.05, 3.63) is 42.2 Å². The number of methoxy groups -OCH3 is 1. The van der Waals surface area contributed by atoms with E-state index in [1.54, 1.807) is 0 Å². The number of alkyl halides is 3. The van der Waals surface area contributed by atoms with Gasteiger partial charge in [0.25, 0.3) is 0 Å². The van der Waals surface area contributed by atoms with Crippen molar-refractivity contribution in [1.82, 2.24) is 0 Å². The van der Waals surface area contributed by atoms with E-state index in [4.69, 9.17) is 10.5 Å². The molecule has 3 nitrogen and oxygen atoms in total. The van der Waals surface area contributed by atoms with Gasteiger partial charge in [-0.1, -0.05) is 0 Å². The summed E-state index contributed by atoms with van der Waals surface area (Å²) in [5, 5.41) is 0. The number of nitrogens with two attached hydrogens (primary N) is 1. The second-order valence-electron chi connectivity index (χ2n) is 4.50. The Kier molecular flexibility index (Phi) is 4.44. The summed E-state index contributed by atoms with van der Waals surface area (Å²) in [6.45, 7) is -1.42. The van der Waals surface area contributed by atoms with Crippen molar-refractivity contribution in [2.24, 2.45) is 0 Å². The summed E-state index contributed by atoms with van der Waals surface area (Å²) in [7, 11) is 1.44. The van der Waals surface area contributed by atoms with Gasteiger partial charge in [0, 0.05) is 22.9 Å². The summed E-state index contributed by atoms with van der Waals surface area (Å²) in [5.74, 6) is -0.119. The molecule has 0 fully saturated rings. The zero-order chi connectivity index (χ0) is 16.3. The van der Waals surface area contributed by atoms with Crippen molar-refractivity contribution < 1.29 is 27.0 Å². The van der Waals surface area contributed by atoms with E-state index in [1.165, 1.54) is 43.5 Å². The van der Waals surface area contributed by atoms with E-state index >= 15 is 0 Å². The van der Waals surface area contributed by atoms with Crippen LogP contribution < -0.4 is 15.2 Å². The smallest absolute Gasteiger partial charge is 0.422 e. The second kappa shape index (κ2) is 6.13. The lowest BCUT2D eigenvalue weighted by Crippen LogP contribution is -2.19. The van der Waals surface area contributed by atoms with Crippen LogP contribution in [0.4, 0.5) is 23.2 Å². The third-order valence-electron chi connectivity index (χ3n) is 2.89. The largest absolute Gasteiger partial charge is 0.497 e. The van der Waals surface area contributed by atoms with Crippen LogP contribution in [0.25, 0.3) is 11.1 Å². The van der Waals surface area contributed by atoms with Crippen molar-refractivity contribution in [3.8, 4) is 22.6 Å². The van der Waals surface area contributed by atoms with Crippen LogP contribution in [0, 0.1) is 5.82 Å². The molecule has 0 saturated heterocycles. The van der Waals surface area contributed by atoms with Gasteiger partial charge in [-0.25, -0.2) is 4.39 Å². The van der Waals surface area contributed by atoms with Gasteiger partial charge in [0.2, 0.25) is 0 Å². The van der Waals surface area contributed by atoms with Gasteiger partial charge in [0.05, 0.1) is 7.11 Å². The summed E-state index contributed by atoms with van der Waals surface area (Å²) >= 11 is 0. The number of halogens is 4. The summed E-state index contributed by atoms with van der Waals surface area (Å²) in [5.41, 5.74) is 6.42. The topological polar surface area (TPSA) is 44.5 Å². The monoisotopic (exact) mass is 315 g/mol. The van der Waals surface area contributed by atoms with Gasteiger partial charge in [-0.15, -0.1) is 0 Å². The van der Waals surface area contributed by atoms with Gasteiger partial charge < -0.3 is 15.2 Å². The Hall–Kier alpha value is -2.44. The molecule has 2 rings (SSSR count). The molecule has 0 aliphatic carbocycles. The maximum atomic E-state index is 13.9. The highest BCUT2D eigenvalue weighted by Crippen LogP contribution is 2.33. The van der Waals surface area contributed by atoms with Gasteiger partial charge in [-0.05, 0) is 30.3 Å². The fraction of sp³-hybridized carbons (Fsp3) is 0.200. The zero-order valence-corrected chi connectivity index (χ0v) is 11.6. The number of hydrogen-bond donors (Lipinski definition) is 1. The Balaban J connectivity index is 2.30. The number of ether oxygens (including phenoxy) is 2. The highest BCUT2D eigenvalue weighted by Gasteiger charge is 2.28. The lowest BCUT2D eigenvalue weighted by atomic mass is 10.0. The first-order chi connectivity index (χ1) is 10.3. The third kappa shape index (κ3) is 3.81. The summed E-state index contributed by atoms with van der Waals surface area (Å²) in [6.07, 6.45) is -4.44. The number of hydrogen-bond acceptors (Lipinski definition) is 3. The fourth-order valence-electron chi connectivity index (χ4n) is 1.88. The van der Waals surface area contributed by atoms with Crippen LogP contribution in [0.5, 0.6) is 11.5 Å². The molecule has 0 heterocycles. The number of nitrogen functional groups attached to an aromatic ring is 1. The molecule has 2 N–H and O–H groups in total. The average Bonchev–Trinajstić information content (AvgIpc) is 2.45. The molecule has 0 bridgehead atoms. The van der Waals surface area contributed by atoms with Crippen molar-refractivity contribution >= 4 is 5.69 Å². The minimum atomic E-state index is -4.44. The quantitative estimate of drug-likeness (QED) is 0.684. The van der Waals surface area contributed by atoms with Crippen LogP contribution in [0.3, 0.4) is 0 Å². The molecule has 0 amide bonds. The maximum Gasteiger partial charge on any atom is 0.422 e. The molecular formula is C15H13F4NO2. The van der Waals surface area contributed by atoms with E-state index in [9.17, 15) is 17.6 Å². The normalized spacial score (nSPS) is 11.3. The first kappa shape index (κ1) is 15.9. The zero-order valence-electron chi connectivity index (χ0n) is 11.6. The van der Waals surface area contributed by atoms with Crippen LogP contribution in [0.2, 0.25) is 0 Å². The number of anilines is 1. The number of benzene rings is 2. The Labute approximate surface area is 124 Å². The first-order valence-corrected chi connectivity index (χ1v) is 6.23. The summed E-state index contributed by atoms with van der Waals surface area (Å²) < 4.78 is 59.8. The lowest BCUT2D eigenvalue weighted by Gasteiger charge is -2.12. The van der Waals surface area contributed by atoms with E-state index in [-0.39, 0.29) is 17.0 Å². The first-order valence-electron chi connectivity index (χ1n) is 6.23. The maximum absolute atomic E-state index is 13.9. The summed E-state index contributed by atoms with van der Waals surface area (Å²) in [4.78, 5) is 0. The second-order valence-corrected chi connectivity index (χ2v) is 4.50. The van der Waals surface area contributed by atoms with E-state index in [0.29, 0.717) is 11.3 Å². The molecule has 0 aromatic heterocycles. The number of rotatable bonds is 4. The van der Waals surface area contributed by atoms with Gasteiger partial charge >= 0.3 is 6.18 Å². The van der Waals surface area contributed by atoms with Crippen molar-refractivity contribution in [1.29, 1.82) is 0 Å². The molecular weight excluding hydrogens is 302 g/mol. The molecule has 7 heteroatoms. The van der Waals surface area contributed by atoms with Crippen LogP contribution in [-0.2, 0) is 0 Å². The molecule has 2 aromatic rings. The van der Waals surface area contributed by atoms with Crippen molar-refractivity contribution in [3.63, 3.8) is 0 Å². The van der Waals surface area contributed by atoms with Crippen LogP contribution in [0.15, 0.2) is 36.4 Å². The predicted octanol–water partition coefficient (Wildman–Crippen LogP) is 4.02. The minimum absolute atomic E-state index is 0.0399. The molecule has 2 aromatic carbocycles. The lowest BCUT2D eigenvalue weighted by molar-refractivity contribution is -0.153. The van der Waals surface area contributed by atoms with Crippen molar-refractivity contribution in [2.45, 2.75) is 6.18 Å². The molecule has 0 aliphatic rings. The average molecular weight is 315 g/mol. The van der Waals surface area contributed by atoms with E-state index in [0.717, 1.165) is 0 Å². The van der Waals surface area contributed by atoms with E-state index in [2.05, 4.69) is 4.74 Å². The Morgan fingerprint density at radius 1 is 1.00 bits per heavy atom. The molecule has 0 atom stereocenters. The highest BCUT2D eigenvalue weighted by atomic mass is 19.4. The van der Waals surface area contributed by atoms with Crippen LogP contribution >= 0.6 is 0 Å². The van der Waals surface area contributed by atoms with Crippen LogP contribution in [-0.4, -0.2) is 19.9 Å². The van der Waals surface area contributed by atoms with E-state index < -0.39 is 18.6 Å². The molecule has 0 unspecified atom stereocenters. The Morgan fingerprint density at radius 3 is 2.27 bits per heavy atom. The summed E-state index contributed by atoms with van der Waals surface area (Å²) in [6, 6.07) is 8.06. The predicted molar refractivity (Wildman–Crippen MR) is 74.4 cm³/mol. The SMILES string of the molecule is COc1ccc(F)c(-c2ccc(OCC(F)(F)F)cc2N)c1. The molecule has 0 saturated carbocycles. The van der Waals surface area contributed by atoms with Gasteiger partial charge in [0.1, 0.15) is 17.3 Å². The van der Waals surface area contributed by atoms with Gasteiger partial charge in [-0.3, -0.25) is 0 Å². The highest BCUT2D eigenvalue weighted by molar-refractivity contribution is 5.78. The van der Waals surface area contributed by atoms with Gasteiger partial charge in [-0.2, -0.15) is 13.2 Å². The molecule has 0 aliphatic heterocycles. The minimum Gasteiger partial charge on any atom is -0.497 e. The molecule has 22 heavy (non-hydrogen) atoms. The van der Waals surface area contributed by atoms with Crippen LogP contribution in [0.1, 0.15) is 0 Å².